The molecule has 2 aromatic heterocycles. The maximum atomic E-state index is 13.4. The first-order valence-corrected chi connectivity index (χ1v) is 14.7. The third-order valence-electron chi connectivity index (χ3n) is 7.39. The monoisotopic (exact) mass is 552 g/mol. The molecule has 0 saturated heterocycles. The molecule has 40 heavy (non-hydrogen) atoms. The summed E-state index contributed by atoms with van der Waals surface area (Å²) in [6.07, 6.45) is 3.50. The highest BCUT2D eigenvalue weighted by atomic mass is 32.2. The van der Waals surface area contributed by atoms with Crippen molar-refractivity contribution in [1.29, 1.82) is 0 Å². The number of fused-ring (bicyclic) bond motifs is 3. The number of sulfonamides is 1. The van der Waals surface area contributed by atoms with E-state index in [0.29, 0.717) is 12.2 Å². The van der Waals surface area contributed by atoms with Crippen molar-refractivity contribution in [2.24, 2.45) is 4.99 Å². The highest BCUT2D eigenvalue weighted by Gasteiger charge is 2.33. The van der Waals surface area contributed by atoms with Crippen molar-refractivity contribution < 1.29 is 8.42 Å². The minimum atomic E-state index is -3.69. The van der Waals surface area contributed by atoms with Gasteiger partial charge in [-0.1, -0.05) is 54.6 Å². The van der Waals surface area contributed by atoms with Crippen molar-refractivity contribution >= 4 is 44.0 Å². The fourth-order valence-corrected chi connectivity index (χ4v) is 6.75. The number of aromatic nitrogens is 2. The van der Waals surface area contributed by atoms with Gasteiger partial charge in [-0.25, -0.2) is 13.4 Å². The number of pyridine rings is 1. The average molecular weight is 553 g/mol. The van der Waals surface area contributed by atoms with Crippen molar-refractivity contribution in [3.63, 3.8) is 0 Å². The van der Waals surface area contributed by atoms with Crippen molar-refractivity contribution in [3.8, 4) is 22.3 Å². The van der Waals surface area contributed by atoms with Crippen molar-refractivity contribution in [2.75, 3.05) is 39.0 Å². The minimum Gasteiger partial charge on any atom is -0.363 e. The highest BCUT2D eigenvalue weighted by Crippen LogP contribution is 2.41. The molecule has 1 aliphatic rings. The normalized spacial score (nSPS) is 15.5. The van der Waals surface area contributed by atoms with E-state index in [4.69, 9.17) is 4.98 Å². The number of anilines is 1. The molecule has 1 aliphatic heterocycles. The summed E-state index contributed by atoms with van der Waals surface area (Å²) in [4.78, 5) is 16.4. The summed E-state index contributed by atoms with van der Waals surface area (Å²) in [5.74, 6) is 0. The van der Waals surface area contributed by atoms with Crippen LogP contribution in [-0.4, -0.2) is 74.6 Å². The molecule has 1 atom stereocenters. The number of benzene rings is 3. The van der Waals surface area contributed by atoms with Crippen molar-refractivity contribution in [3.05, 3.63) is 84.6 Å². The maximum absolute atomic E-state index is 13.4. The summed E-state index contributed by atoms with van der Waals surface area (Å²) >= 11 is 0. The van der Waals surface area contributed by atoms with E-state index in [1.807, 2.05) is 49.6 Å². The number of hydrogen-bond donors (Lipinski definition) is 1. The molecule has 1 unspecified atom stereocenters. The van der Waals surface area contributed by atoms with Crippen LogP contribution < -0.4 is 4.31 Å². The Morgan fingerprint density at radius 1 is 0.975 bits per heavy atom. The molecular formula is C31H32N6O2S. The highest BCUT2D eigenvalue weighted by molar-refractivity contribution is 7.93. The zero-order chi connectivity index (χ0) is 28.0. The fraction of sp³-hybridized carbons (Fsp3) is 0.226. The van der Waals surface area contributed by atoms with Gasteiger partial charge in [0.05, 0.1) is 18.6 Å². The van der Waals surface area contributed by atoms with Gasteiger partial charge in [-0.15, -0.1) is 0 Å². The Kier molecular flexibility index (Phi) is 6.56. The molecule has 6 rings (SSSR count). The molecule has 0 radical (unpaired) electrons. The van der Waals surface area contributed by atoms with Gasteiger partial charge in [-0.3, -0.25) is 9.30 Å². The molecule has 0 bridgehead atoms. The van der Waals surface area contributed by atoms with Crippen LogP contribution in [0.5, 0.6) is 0 Å². The van der Waals surface area contributed by atoms with E-state index in [-0.39, 0.29) is 0 Å². The van der Waals surface area contributed by atoms with Gasteiger partial charge < -0.3 is 14.8 Å². The SMILES string of the molecule is CN(C)Cc1ccc(-c2cnc3[nH]c4ccc(N(C)S(=O)(=O)C5CN(C)C=N5)cc4c3c2-c2ccccc2)cc1. The first kappa shape index (κ1) is 26.0. The second-order valence-corrected chi connectivity index (χ2v) is 12.7. The van der Waals surface area contributed by atoms with Crippen LogP contribution in [0.2, 0.25) is 0 Å². The first-order valence-electron chi connectivity index (χ1n) is 13.2. The summed E-state index contributed by atoms with van der Waals surface area (Å²) in [5.41, 5.74) is 7.69. The lowest BCUT2D eigenvalue weighted by atomic mass is 9.92. The Labute approximate surface area is 234 Å². The molecule has 9 heteroatoms. The third kappa shape index (κ3) is 4.61. The molecule has 3 heterocycles. The second-order valence-electron chi connectivity index (χ2n) is 10.6. The lowest BCUT2D eigenvalue weighted by Crippen LogP contribution is -2.37. The molecule has 0 saturated carbocycles. The molecule has 0 spiro atoms. The van der Waals surface area contributed by atoms with Crippen molar-refractivity contribution in [2.45, 2.75) is 11.9 Å². The van der Waals surface area contributed by atoms with Crippen LogP contribution in [0.25, 0.3) is 44.2 Å². The zero-order valence-electron chi connectivity index (χ0n) is 23.0. The fourth-order valence-electron chi connectivity index (χ4n) is 5.35. The van der Waals surface area contributed by atoms with E-state index >= 15 is 0 Å². The minimum absolute atomic E-state index is 0.334. The number of likely N-dealkylation sites (N-methyl/N-ethyl adjacent to an activating group) is 1. The van der Waals surface area contributed by atoms with Crippen LogP contribution in [0.15, 0.2) is 84.0 Å². The Morgan fingerprint density at radius 3 is 2.40 bits per heavy atom. The number of H-pyrrole nitrogens is 1. The topological polar surface area (TPSA) is 84.9 Å². The van der Waals surface area contributed by atoms with Gasteiger partial charge in [0.2, 0.25) is 0 Å². The quantitative estimate of drug-likeness (QED) is 0.301. The molecule has 1 N–H and O–H groups in total. The number of nitrogens with zero attached hydrogens (tertiary/aromatic N) is 5. The Hall–Kier alpha value is -4.21. The molecular weight excluding hydrogens is 520 g/mol. The van der Waals surface area contributed by atoms with Crippen LogP contribution in [0.4, 0.5) is 5.69 Å². The summed E-state index contributed by atoms with van der Waals surface area (Å²) in [6, 6.07) is 24.6. The van der Waals surface area contributed by atoms with Gasteiger partial charge in [0, 0.05) is 54.3 Å². The Bertz CT molecular complexity index is 1830. The number of nitrogens with one attached hydrogen (secondary N) is 1. The number of rotatable bonds is 7. The van der Waals surface area contributed by atoms with E-state index in [0.717, 1.165) is 50.7 Å². The standard InChI is InChI=1S/C31H32N6O2S/c1-35(2)18-21-10-12-22(13-11-21)26-17-32-31-30(29(26)23-8-6-5-7-9-23)25-16-24(14-15-27(25)34-31)37(4)40(38,39)28-19-36(3)20-33-28/h5-17,20,28H,18-19H2,1-4H3,(H,32,34). The van der Waals surface area contributed by atoms with Crippen LogP contribution in [-0.2, 0) is 16.6 Å². The van der Waals surface area contributed by atoms with Crippen molar-refractivity contribution in [1.82, 2.24) is 19.8 Å². The molecule has 3 aromatic carbocycles. The van der Waals surface area contributed by atoms with Crippen LogP contribution in [0.3, 0.4) is 0 Å². The average Bonchev–Trinajstić information content (AvgIpc) is 3.56. The van der Waals surface area contributed by atoms with E-state index in [1.54, 1.807) is 18.3 Å². The first-order chi connectivity index (χ1) is 19.2. The van der Waals surface area contributed by atoms with E-state index in [1.165, 1.54) is 9.87 Å². The van der Waals surface area contributed by atoms with E-state index < -0.39 is 15.4 Å². The van der Waals surface area contributed by atoms with Gasteiger partial charge in [0.15, 0.2) is 5.37 Å². The lowest BCUT2D eigenvalue weighted by Gasteiger charge is -2.22. The van der Waals surface area contributed by atoms with Crippen LogP contribution in [0.1, 0.15) is 5.56 Å². The predicted molar refractivity (Wildman–Crippen MR) is 164 cm³/mol. The van der Waals surface area contributed by atoms with Gasteiger partial charge in [0.25, 0.3) is 10.0 Å². The van der Waals surface area contributed by atoms with Gasteiger partial charge in [-0.05, 0) is 49.0 Å². The number of aliphatic imine (C=N–C) groups is 1. The van der Waals surface area contributed by atoms with Gasteiger partial charge in [0.1, 0.15) is 5.65 Å². The number of hydrogen-bond acceptors (Lipinski definition) is 6. The van der Waals surface area contributed by atoms with E-state index in [2.05, 4.69) is 65.4 Å². The summed E-state index contributed by atoms with van der Waals surface area (Å²) < 4.78 is 28.1. The lowest BCUT2D eigenvalue weighted by molar-refractivity contribution is 0.402. The Morgan fingerprint density at radius 2 is 1.73 bits per heavy atom. The Balaban J connectivity index is 1.53. The molecule has 0 amide bonds. The molecule has 5 aromatic rings. The van der Waals surface area contributed by atoms with Crippen LogP contribution in [0, 0.1) is 0 Å². The second kappa shape index (κ2) is 10.1. The molecule has 204 valence electrons. The molecule has 0 aliphatic carbocycles. The predicted octanol–water partition coefficient (Wildman–Crippen LogP) is 5.18. The smallest absolute Gasteiger partial charge is 0.259 e. The number of aromatic amines is 1. The zero-order valence-corrected chi connectivity index (χ0v) is 23.9. The molecule has 0 fully saturated rings. The summed E-state index contributed by atoms with van der Waals surface area (Å²) in [6.45, 7) is 1.20. The summed E-state index contributed by atoms with van der Waals surface area (Å²) in [5, 5.41) is 1.05. The van der Waals surface area contributed by atoms with E-state index in [9.17, 15) is 8.42 Å². The molecule has 8 nitrogen and oxygen atoms in total. The van der Waals surface area contributed by atoms with Crippen LogP contribution >= 0.6 is 0 Å². The van der Waals surface area contributed by atoms with Gasteiger partial charge in [-0.2, -0.15) is 0 Å². The summed E-state index contributed by atoms with van der Waals surface area (Å²) in [7, 11) is 3.85. The third-order valence-corrected chi connectivity index (χ3v) is 9.33. The largest absolute Gasteiger partial charge is 0.363 e. The maximum Gasteiger partial charge on any atom is 0.259 e. The van der Waals surface area contributed by atoms with Gasteiger partial charge >= 0.3 is 0 Å².